The van der Waals surface area contributed by atoms with Crippen LogP contribution in [0.2, 0.25) is 5.02 Å². The van der Waals surface area contributed by atoms with Gasteiger partial charge in [-0.2, -0.15) is 5.10 Å². The molecular weight excluding hydrogens is 376 g/mol. The molecule has 0 radical (unpaired) electrons. The van der Waals surface area contributed by atoms with E-state index in [0.29, 0.717) is 17.1 Å². The quantitative estimate of drug-likeness (QED) is 0.838. The van der Waals surface area contributed by atoms with E-state index in [1.807, 2.05) is 12.1 Å². The van der Waals surface area contributed by atoms with E-state index in [4.69, 9.17) is 11.6 Å². The molecule has 3 rings (SSSR count). The van der Waals surface area contributed by atoms with E-state index in [0.717, 1.165) is 31.2 Å². The molecule has 1 saturated heterocycles. The number of hydrogen-bond acceptors (Lipinski definition) is 4. The van der Waals surface area contributed by atoms with Gasteiger partial charge in [0.1, 0.15) is 0 Å². The van der Waals surface area contributed by atoms with Crippen molar-refractivity contribution in [3.8, 4) is 5.69 Å². The van der Waals surface area contributed by atoms with Crippen molar-refractivity contribution >= 4 is 27.5 Å². The predicted molar refractivity (Wildman–Crippen MR) is 100 cm³/mol. The fraction of sp³-hybridized carbons (Fsp3) is 0.412. The summed E-state index contributed by atoms with van der Waals surface area (Å²) < 4.78 is 26.9. The number of likely N-dealkylation sites (tertiary alicyclic amines) is 1. The van der Waals surface area contributed by atoms with Crippen molar-refractivity contribution in [3.05, 3.63) is 47.2 Å². The van der Waals surface area contributed by atoms with E-state index in [9.17, 15) is 13.2 Å². The van der Waals surface area contributed by atoms with E-state index >= 15 is 0 Å². The van der Waals surface area contributed by atoms with Crippen molar-refractivity contribution in [1.82, 2.24) is 19.4 Å². The Bertz CT molecular complexity index is 880. The molecule has 1 fully saturated rings. The Morgan fingerprint density at radius 2 is 2.04 bits per heavy atom. The van der Waals surface area contributed by atoms with Crippen LogP contribution in [0, 0.1) is 0 Å². The zero-order valence-corrected chi connectivity index (χ0v) is 16.0. The molecule has 140 valence electrons. The third-order valence-electron chi connectivity index (χ3n) is 4.39. The van der Waals surface area contributed by atoms with Crippen LogP contribution < -0.4 is 4.72 Å². The summed E-state index contributed by atoms with van der Waals surface area (Å²) in [6, 6.07) is 7.02. The first-order valence-corrected chi connectivity index (χ1v) is 10.7. The Morgan fingerprint density at radius 1 is 1.31 bits per heavy atom. The highest BCUT2D eigenvalue weighted by Crippen LogP contribution is 2.20. The van der Waals surface area contributed by atoms with E-state index < -0.39 is 10.0 Å². The molecule has 2 heterocycles. The molecule has 0 bridgehead atoms. The molecule has 7 nitrogen and oxygen atoms in total. The molecule has 0 aliphatic carbocycles. The second kappa shape index (κ2) is 7.77. The highest BCUT2D eigenvalue weighted by atomic mass is 35.5. The van der Waals surface area contributed by atoms with Crippen LogP contribution in [-0.2, 0) is 10.0 Å². The number of carbonyl (C=O) groups excluding carboxylic acids is 1. The standard InChI is InChI=1S/C17H21ClN4O3S/c1-26(24,25)20-11-16-4-2-3-9-21(16)17(23)13-10-19-22(12-13)15-7-5-14(18)6-8-15/h5-8,10,12,16,20H,2-4,9,11H2,1H3. The van der Waals surface area contributed by atoms with Gasteiger partial charge in [0.15, 0.2) is 0 Å². The summed E-state index contributed by atoms with van der Waals surface area (Å²) in [7, 11) is -3.29. The van der Waals surface area contributed by atoms with Crippen molar-refractivity contribution in [3.63, 3.8) is 0 Å². The largest absolute Gasteiger partial charge is 0.334 e. The van der Waals surface area contributed by atoms with E-state index in [-0.39, 0.29) is 18.5 Å². The Labute approximate surface area is 158 Å². The summed E-state index contributed by atoms with van der Waals surface area (Å²) in [5.41, 5.74) is 1.29. The Balaban J connectivity index is 1.75. The number of halogens is 1. The number of sulfonamides is 1. The van der Waals surface area contributed by atoms with Gasteiger partial charge >= 0.3 is 0 Å². The molecule has 9 heteroatoms. The van der Waals surface area contributed by atoms with Gasteiger partial charge in [-0.25, -0.2) is 17.8 Å². The molecule has 1 unspecified atom stereocenters. The van der Waals surface area contributed by atoms with Gasteiger partial charge in [0.05, 0.1) is 23.7 Å². The lowest BCUT2D eigenvalue weighted by Gasteiger charge is -2.35. The average molecular weight is 397 g/mol. The maximum Gasteiger partial charge on any atom is 0.257 e. The second-order valence-corrected chi connectivity index (χ2v) is 8.69. The van der Waals surface area contributed by atoms with Gasteiger partial charge in [0.2, 0.25) is 10.0 Å². The van der Waals surface area contributed by atoms with Crippen LogP contribution in [-0.4, -0.2) is 54.4 Å². The van der Waals surface area contributed by atoms with Crippen molar-refractivity contribution in [2.24, 2.45) is 0 Å². The number of aromatic nitrogens is 2. The maximum atomic E-state index is 12.9. The van der Waals surface area contributed by atoms with E-state index in [1.165, 1.54) is 6.20 Å². The zero-order valence-electron chi connectivity index (χ0n) is 14.4. The number of amides is 1. The van der Waals surface area contributed by atoms with Crippen LogP contribution in [0.25, 0.3) is 5.69 Å². The van der Waals surface area contributed by atoms with Crippen LogP contribution in [0.5, 0.6) is 0 Å². The van der Waals surface area contributed by atoms with E-state index in [2.05, 4.69) is 9.82 Å². The zero-order chi connectivity index (χ0) is 18.7. The van der Waals surface area contributed by atoms with Crippen molar-refractivity contribution < 1.29 is 13.2 Å². The first-order valence-electron chi connectivity index (χ1n) is 8.40. The summed E-state index contributed by atoms with van der Waals surface area (Å²) in [6.07, 6.45) is 7.00. The fourth-order valence-corrected chi connectivity index (χ4v) is 3.68. The van der Waals surface area contributed by atoms with Gasteiger partial charge in [-0.05, 0) is 43.5 Å². The molecule has 1 aromatic carbocycles. The number of nitrogens with zero attached hydrogens (tertiary/aromatic N) is 3. The first kappa shape index (κ1) is 18.9. The molecule has 1 N–H and O–H groups in total. The van der Waals surface area contributed by atoms with Gasteiger partial charge in [-0.1, -0.05) is 11.6 Å². The minimum Gasteiger partial charge on any atom is -0.334 e. The second-order valence-electron chi connectivity index (χ2n) is 6.42. The molecular formula is C17H21ClN4O3S. The monoisotopic (exact) mass is 396 g/mol. The summed E-state index contributed by atoms with van der Waals surface area (Å²) in [5.74, 6) is -0.134. The van der Waals surface area contributed by atoms with E-state index in [1.54, 1.807) is 27.9 Å². The molecule has 26 heavy (non-hydrogen) atoms. The molecule has 0 spiro atoms. The van der Waals surface area contributed by atoms with Crippen LogP contribution in [0.1, 0.15) is 29.6 Å². The third-order valence-corrected chi connectivity index (χ3v) is 5.33. The predicted octanol–water partition coefficient (Wildman–Crippen LogP) is 2.07. The molecule has 1 aliphatic heterocycles. The van der Waals surface area contributed by atoms with Gasteiger partial charge < -0.3 is 4.90 Å². The number of rotatable bonds is 5. The summed E-state index contributed by atoms with van der Waals surface area (Å²) in [6.45, 7) is 0.844. The Kier molecular flexibility index (Phi) is 5.64. The Morgan fingerprint density at radius 3 is 2.73 bits per heavy atom. The topological polar surface area (TPSA) is 84.3 Å². The minimum atomic E-state index is -3.29. The van der Waals surface area contributed by atoms with Crippen molar-refractivity contribution in [2.75, 3.05) is 19.3 Å². The molecule has 1 aromatic heterocycles. The molecule has 0 saturated carbocycles. The third kappa shape index (κ3) is 4.63. The van der Waals surface area contributed by atoms with Gasteiger partial charge in [-0.3, -0.25) is 4.79 Å². The number of carbonyl (C=O) groups is 1. The van der Waals surface area contributed by atoms with Gasteiger partial charge in [0, 0.05) is 30.4 Å². The number of benzene rings is 1. The fourth-order valence-electron chi connectivity index (χ4n) is 3.06. The highest BCUT2D eigenvalue weighted by Gasteiger charge is 2.28. The first-order chi connectivity index (χ1) is 12.3. The SMILES string of the molecule is CS(=O)(=O)NCC1CCCCN1C(=O)c1cnn(-c2ccc(Cl)cc2)c1. The Hall–Kier alpha value is -1.90. The lowest BCUT2D eigenvalue weighted by molar-refractivity contribution is 0.0619. The number of piperidine rings is 1. The maximum absolute atomic E-state index is 12.9. The van der Waals surface area contributed by atoms with Gasteiger partial charge in [-0.15, -0.1) is 0 Å². The molecule has 2 aromatic rings. The van der Waals surface area contributed by atoms with Crippen molar-refractivity contribution in [1.29, 1.82) is 0 Å². The average Bonchev–Trinajstić information content (AvgIpc) is 3.10. The molecule has 1 atom stereocenters. The molecule has 1 amide bonds. The summed E-state index contributed by atoms with van der Waals surface area (Å²) in [4.78, 5) is 14.6. The van der Waals surface area contributed by atoms with Crippen molar-refractivity contribution in [2.45, 2.75) is 25.3 Å². The minimum absolute atomic E-state index is 0.134. The van der Waals surface area contributed by atoms with Crippen LogP contribution in [0.15, 0.2) is 36.7 Å². The summed E-state index contributed by atoms with van der Waals surface area (Å²) in [5, 5.41) is 4.89. The van der Waals surface area contributed by atoms with Crippen LogP contribution >= 0.6 is 11.6 Å². The van der Waals surface area contributed by atoms with Gasteiger partial charge in [0.25, 0.3) is 5.91 Å². The highest BCUT2D eigenvalue weighted by molar-refractivity contribution is 7.88. The molecule has 1 aliphatic rings. The normalized spacial score (nSPS) is 18.1. The smallest absolute Gasteiger partial charge is 0.257 e. The van der Waals surface area contributed by atoms with Crippen LogP contribution in [0.3, 0.4) is 0 Å². The van der Waals surface area contributed by atoms with Crippen LogP contribution in [0.4, 0.5) is 0 Å². The lowest BCUT2D eigenvalue weighted by atomic mass is 10.0. The lowest BCUT2D eigenvalue weighted by Crippen LogP contribution is -2.49. The summed E-state index contributed by atoms with van der Waals surface area (Å²) >= 11 is 5.89. The number of nitrogens with one attached hydrogen (secondary N) is 1. The number of hydrogen-bond donors (Lipinski definition) is 1.